The van der Waals surface area contributed by atoms with Crippen molar-refractivity contribution in [2.75, 3.05) is 17.6 Å². The molecule has 1 aromatic carbocycles. The molecular formula is C20H19BrN4O. The summed E-state index contributed by atoms with van der Waals surface area (Å²) in [6.45, 7) is 0.778. The number of pyridine rings is 2. The van der Waals surface area contributed by atoms with Crippen molar-refractivity contribution in [1.82, 2.24) is 9.97 Å². The zero-order valence-electron chi connectivity index (χ0n) is 14.2. The fourth-order valence-corrected chi connectivity index (χ4v) is 2.91. The average Bonchev–Trinajstić information content (AvgIpc) is 2.68. The number of benzene rings is 1. The van der Waals surface area contributed by atoms with Gasteiger partial charge in [0, 0.05) is 17.2 Å². The zero-order valence-corrected chi connectivity index (χ0v) is 15.7. The first-order valence-corrected chi connectivity index (χ1v) is 9.13. The van der Waals surface area contributed by atoms with E-state index in [0.717, 1.165) is 19.4 Å². The second kappa shape index (κ2) is 8.58. The van der Waals surface area contributed by atoms with E-state index in [1.807, 2.05) is 24.3 Å². The van der Waals surface area contributed by atoms with Gasteiger partial charge in [-0.2, -0.15) is 0 Å². The van der Waals surface area contributed by atoms with Crippen LogP contribution in [0, 0.1) is 0 Å². The Morgan fingerprint density at radius 2 is 1.92 bits per heavy atom. The van der Waals surface area contributed by atoms with Crippen molar-refractivity contribution < 1.29 is 4.79 Å². The SMILES string of the molecule is Nc1ncc(Br)cc1C(=O)c1cccc(NCCCc2ccccc2)n1. The smallest absolute Gasteiger partial charge is 0.215 e. The van der Waals surface area contributed by atoms with Gasteiger partial charge in [-0.1, -0.05) is 36.4 Å². The lowest BCUT2D eigenvalue weighted by atomic mass is 10.1. The van der Waals surface area contributed by atoms with Crippen molar-refractivity contribution in [3.8, 4) is 0 Å². The Morgan fingerprint density at radius 1 is 1.12 bits per heavy atom. The summed E-state index contributed by atoms with van der Waals surface area (Å²) in [6.07, 6.45) is 3.53. The molecule has 0 unspecified atom stereocenters. The molecule has 0 saturated carbocycles. The monoisotopic (exact) mass is 410 g/mol. The van der Waals surface area contributed by atoms with E-state index in [1.54, 1.807) is 24.4 Å². The molecule has 6 heteroatoms. The van der Waals surface area contributed by atoms with Gasteiger partial charge >= 0.3 is 0 Å². The predicted octanol–water partition coefficient (Wildman–Crippen LogP) is 4.10. The van der Waals surface area contributed by atoms with Gasteiger partial charge in [-0.3, -0.25) is 4.79 Å². The van der Waals surface area contributed by atoms with Gasteiger partial charge < -0.3 is 11.1 Å². The number of nitrogens with zero attached hydrogens (tertiary/aromatic N) is 2. The van der Waals surface area contributed by atoms with Crippen LogP contribution >= 0.6 is 15.9 Å². The highest BCUT2D eigenvalue weighted by Crippen LogP contribution is 2.19. The van der Waals surface area contributed by atoms with Crippen molar-refractivity contribution in [2.45, 2.75) is 12.8 Å². The van der Waals surface area contributed by atoms with Crippen LogP contribution in [0.15, 0.2) is 65.3 Å². The number of halogens is 1. The van der Waals surface area contributed by atoms with Gasteiger partial charge in [0.05, 0.1) is 5.56 Å². The van der Waals surface area contributed by atoms with Crippen LogP contribution < -0.4 is 11.1 Å². The number of nitrogens with one attached hydrogen (secondary N) is 1. The summed E-state index contributed by atoms with van der Waals surface area (Å²) in [6, 6.07) is 17.3. The van der Waals surface area contributed by atoms with Gasteiger partial charge in [-0.25, -0.2) is 9.97 Å². The second-order valence-corrected chi connectivity index (χ2v) is 6.76. The molecule has 0 fully saturated rings. The van der Waals surface area contributed by atoms with Crippen LogP contribution in [0.5, 0.6) is 0 Å². The minimum Gasteiger partial charge on any atom is -0.383 e. The highest BCUT2D eigenvalue weighted by atomic mass is 79.9. The van der Waals surface area contributed by atoms with Crippen LogP contribution in [0.2, 0.25) is 0 Å². The molecule has 2 heterocycles. The number of rotatable bonds is 7. The molecular weight excluding hydrogens is 392 g/mol. The van der Waals surface area contributed by atoms with E-state index in [9.17, 15) is 4.79 Å². The number of carbonyl (C=O) groups is 1. The highest BCUT2D eigenvalue weighted by Gasteiger charge is 2.15. The maximum absolute atomic E-state index is 12.7. The molecule has 0 saturated heterocycles. The van der Waals surface area contributed by atoms with E-state index < -0.39 is 0 Å². The van der Waals surface area contributed by atoms with Crippen LogP contribution in [-0.2, 0) is 6.42 Å². The molecule has 3 rings (SSSR count). The number of nitrogens with two attached hydrogens (primary N) is 1. The Labute approximate surface area is 160 Å². The van der Waals surface area contributed by atoms with E-state index in [4.69, 9.17) is 5.73 Å². The third-order valence-electron chi connectivity index (χ3n) is 3.90. The lowest BCUT2D eigenvalue weighted by Crippen LogP contribution is -2.11. The lowest BCUT2D eigenvalue weighted by molar-refractivity contribution is 0.103. The van der Waals surface area contributed by atoms with Crippen molar-refractivity contribution in [3.63, 3.8) is 0 Å². The van der Waals surface area contributed by atoms with Crippen LogP contribution in [0.1, 0.15) is 28.0 Å². The fourth-order valence-electron chi connectivity index (χ4n) is 2.58. The Balaban J connectivity index is 1.62. The first kappa shape index (κ1) is 18.1. The fraction of sp³-hybridized carbons (Fsp3) is 0.150. The maximum atomic E-state index is 12.7. The predicted molar refractivity (Wildman–Crippen MR) is 107 cm³/mol. The first-order chi connectivity index (χ1) is 12.6. The molecule has 0 aliphatic carbocycles. The number of nitrogen functional groups attached to an aromatic ring is 1. The molecule has 3 N–H and O–H groups in total. The van der Waals surface area contributed by atoms with Crippen molar-refractivity contribution in [1.29, 1.82) is 0 Å². The van der Waals surface area contributed by atoms with Gasteiger partial charge in [-0.05, 0) is 52.5 Å². The maximum Gasteiger partial charge on any atom is 0.215 e. The van der Waals surface area contributed by atoms with Gasteiger partial charge in [0.25, 0.3) is 0 Å². The summed E-state index contributed by atoms with van der Waals surface area (Å²) in [5, 5.41) is 3.27. The molecule has 0 aliphatic rings. The highest BCUT2D eigenvalue weighted by molar-refractivity contribution is 9.10. The molecule has 0 bridgehead atoms. The Kier molecular flexibility index (Phi) is 5.96. The third-order valence-corrected chi connectivity index (χ3v) is 4.34. The minimum absolute atomic E-state index is 0.196. The summed E-state index contributed by atoms with van der Waals surface area (Å²) in [5.41, 5.74) is 7.81. The second-order valence-electron chi connectivity index (χ2n) is 5.84. The first-order valence-electron chi connectivity index (χ1n) is 8.34. The van der Waals surface area contributed by atoms with Crippen LogP contribution in [-0.4, -0.2) is 22.3 Å². The summed E-state index contributed by atoms with van der Waals surface area (Å²) < 4.78 is 0.699. The van der Waals surface area contributed by atoms with Crippen molar-refractivity contribution in [3.05, 3.63) is 82.1 Å². The number of aromatic nitrogens is 2. The molecule has 0 spiro atoms. The molecule has 2 aromatic heterocycles. The number of carbonyl (C=O) groups excluding carboxylic acids is 1. The van der Waals surface area contributed by atoms with Crippen LogP contribution in [0.4, 0.5) is 11.6 Å². The zero-order chi connectivity index (χ0) is 18.4. The Morgan fingerprint density at radius 3 is 2.73 bits per heavy atom. The van der Waals surface area contributed by atoms with E-state index in [2.05, 4.69) is 43.3 Å². The molecule has 132 valence electrons. The standard InChI is InChI=1S/C20H19BrN4O/c21-15-12-16(20(22)24-13-15)19(26)17-9-4-10-18(25-17)23-11-5-8-14-6-2-1-3-7-14/h1-4,6-7,9-10,12-13H,5,8,11H2,(H2,22,24)(H,23,25). The van der Waals surface area contributed by atoms with E-state index >= 15 is 0 Å². The van der Waals surface area contributed by atoms with Gasteiger partial charge in [0.2, 0.25) is 5.78 Å². The quantitative estimate of drug-likeness (QED) is 0.452. The molecule has 3 aromatic rings. The normalized spacial score (nSPS) is 10.5. The summed E-state index contributed by atoms with van der Waals surface area (Å²) in [7, 11) is 0. The number of hydrogen-bond acceptors (Lipinski definition) is 5. The van der Waals surface area contributed by atoms with E-state index in [1.165, 1.54) is 5.56 Å². The number of anilines is 2. The van der Waals surface area contributed by atoms with Crippen LogP contribution in [0.25, 0.3) is 0 Å². The molecule has 0 atom stereocenters. The van der Waals surface area contributed by atoms with Crippen LogP contribution in [0.3, 0.4) is 0 Å². The van der Waals surface area contributed by atoms with Crippen molar-refractivity contribution >= 4 is 33.3 Å². The summed E-state index contributed by atoms with van der Waals surface area (Å²) in [4.78, 5) is 21.1. The van der Waals surface area contributed by atoms with E-state index in [0.29, 0.717) is 21.5 Å². The molecule has 0 aliphatic heterocycles. The lowest BCUT2D eigenvalue weighted by Gasteiger charge is -2.08. The van der Waals surface area contributed by atoms with E-state index in [-0.39, 0.29) is 11.6 Å². The Bertz CT molecular complexity index is 899. The van der Waals surface area contributed by atoms with Gasteiger partial charge in [-0.15, -0.1) is 0 Å². The van der Waals surface area contributed by atoms with Crippen molar-refractivity contribution in [2.24, 2.45) is 0 Å². The number of ketones is 1. The average molecular weight is 411 g/mol. The molecule has 0 radical (unpaired) electrons. The topological polar surface area (TPSA) is 80.9 Å². The molecule has 5 nitrogen and oxygen atoms in total. The molecule has 0 amide bonds. The summed E-state index contributed by atoms with van der Waals surface area (Å²) >= 11 is 3.31. The van der Waals surface area contributed by atoms with Gasteiger partial charge in [0.15, 0.2) is 0 Å². The Hall–Kier alpha value is -2.73. The molecule has 26 heavy (non-hydrogen) atoms. The minimum atomic E-state index is -0.246. The largest absolute Gasteiger partial charge is 0.383 e. The third kappa shape index (κ3) is 4.67. The number of aryl methyl sites for hydroxylation is 1. The number of hydrogen-bond donors (Lipinski definition) is 2. The van der Waals surface area contributed by atoms with Gasteiger partial charge in [0.1, 0.15) is 17.3 Å². The summed E-state index contributed by atoms with van der Waals surface area (Å²) in [5.74, 6) is 0.621.